The van der Waals surface area contributed by atoms with Gasteiger partial charge in [0.05, 0.1) is 11.9 Å². The molecule has 1 atom stereocenters. The molecule has 35 heavy (non-hydrogen) atoms. The summed E-state index contributed by atoms with van der Waals surface area (Å²) in [6.07, 6.45) is 5.73. The molecule has 1 aliphatic rings. The second-order valence-electron chi connectivity index (χ2n) is 9.09. The van der Waals surface area contributed by atoms with Gasteiger partial charge < -0.3 is 10.2 Å². The molecule has 1 fully saturated rings. The number of nitrogens with one attached hydrogen (secondary N) is 1. The van der Waals surface area contributed by atoms with E-state index in [0.29, 0.717) is 23.7 Å². The van der Waals surface area contributed by atoms with Crippen LogP contribution in [0.1, 0.15) is 51.0 Å². The molecule has 9 heteroatoms. The van der Waals surface area contributed by atoms with Crippen molar-refractivity contribution >= 4 is 39.1 Å². The number of rotatable bonds is 11. The maximum Gasteiger partial charge on any atom is 0.242 e. The van der Waals surface area contributed by atoms with E-state index >= 15 is 0 Å². The summed E-state index contributed by atoms with van der Waals surface area (Å²) < 4.78 is 26.0. The number of anilines is 1. The Morgan fingerprint density at radius 3 is 2.29 bits per heavy atom. The minimum Gasteiger partial charge on any atom is -0.352 e. The summed E-state index contributed by atoms with van der Waals surface area (Å²) in [6.45, 7) is 2.21. The number of halogens is 1. The van der Waals surface area contributed by atoms with Crippen molar-refractivity contribution < 1.29 is 18.0 Å². The molecule has 3 rings (SSSR count). The molecule has 0 radical (unpaired) electrons. The minimum atomic E-state index is -3.54. The van der Waals surface area contributed by atoms with Crippen molar-refractivity contribution in [2.75, 3.05) is 17.1 Å². The third-order valence-corrected chi connectivity index (χ3v) is 7.78. The number of hydrogen-bond acceptors (Lipinski definition) is 4. The molecule has 1 unspecified atom stereocenters. The largest absolute Gasteiger partial charge is 0.352 e. The molecular weight excluding hydrogens is 486 g/mol. The summed E-state index contributed by atoms with van der Waals surface area (Å²) >= 11 is 5.94. The normalized spacial score (nSPS) is 14.9. The number of sulfonamides is 1. The lowest BCUT2D eigenvalue weighted by atomic mass is 10.1. The van der Waals surface area contributed by atoms with Crippen LogP contribution in [-0.2, 0) is 26.2 Å². The fraction of sp³-hybridized carbons (Fsp3) is 0.462. The zero-order valence-corrected chi connectivity index (χ0v) is 21.9. The first-order valence-electron chi connectivity index (χ1n) is 12.0. The molecular formula is C26H34ClN3O4S. The van der Waals surface area contributed by atoms with Crippen LogP contribution in [0.25, 0.3) is 0 Å². The van der Waals surface area contributed by atoms with Gasteiger partial charge in [0.2, 0.25) is 21.8 Å². The second-order valence-corrected chi connectivity index (χ2v) is 11.4. The van der Waals surface area contributed by atoms with Crippen LogP contribution < -0.4 is 9.62 Å². The van der Waals surface area contributed by atoms with Gasteiger partial charge >= 0.3 is 0 Å². The molecule has 0 aliphatic heterocycles. The van der Waals surface area contributed by atoms with Gasteiger partial charge in [-0.15, -0.1) is 0 Å². The van der Waals surface area contributed by atoms with Crippen LogP contribution in [0.4, 0.5) is 5.69 Å². The summed E-state index contributed by atoms with van der Waals surface area (Å²) in [7, 11) is -3.54. The molecule has 2 amide bonds. The van der Waals surface area contributed by atoms with Crippen molar-refractivity contribution in [2.24, 2.45) is 0 Å². The SMILES string of the molecule is CC(C(=O)NC1CCCC1)N(Cc1ccccc1)C(=O)CCCN(c1ccc(Cl)cc1)S(C)(=O)=O. The van der Waals surface area contributed by atoms with E-state index in [0.717, 1.165) is 37.5 Å². The zero-order chi connectivity index (χ0) is 25.4. The highest BCUT2D eigenvalue weighted by molar-refractivity contribution is 7.92. The molecule has 0 spiro atoms. The third kappa shape index (κ3) is 7.97. The molecule has 0 bridgehead atoms. The first-order valence-corrected chi connectivity index (χ1v) is 14.2. The standard InChI is InChI=1S/C26H34ClN3O4S/c1-20(26(32)28-23-11-6-7-12-23)29(19-21-9-4-3-5-10-21)25(31)13-8-18-30(35(2,33)34)24-16-14-22(27)15-17-24/h3-5,9-10,14-17,20,23H,6-8,11-13,18-19H2,1-2H3,(H,28,32). The predicted octanol–water partition coefficient (Wildman–Crippen LogP) is 4.36. The number of carbonyl (C=O) groups is 2. The van der Waals surface area contributed by atoms with Gasteiger partial charge in [0.1, 0.15) is 6.04 Å². The monoisotopic (exact) mass is 519 g/mol. The number of amides is 2. The van der Waals surface area contributed by atoms with Crippen LogP contribution in [0, 0.1) is 0 Å². The van der Waals surface area contributed by atoms with Crippen LogP contribution in [0.2, 0.25) is 5.02 Å². The maximum absolute atomic E-state index is 13.3. The fourth-order valence-corrected chi connectivity index (χ4v) is 5.46. The van der Waals surface area contributed by atoms with Crippen molar-refractivity contribution in [2.45, 2.75) is 64.1 Å². The number of nitrogens with zero attached hydrogens (tertiary/aromatic N) is 2. The van der Waals surface area contributed by atoms with Gasteiger partial charge in [0, 0.05) is 30.6 Å². The summed E-state index contributed by atoms with van der Waals surface area (Å²) in [5, 5.41) is 3.60. The molecule has 2 aromatic rings. The number of carbonyl (C=O) groups excluding carboxylic acids is 2. The molecule has 1 aliphatic carbocycles. The van der Waals surface area contributed by atoms with Crippen LogP contribution in [0.3, 0.4) is 0 Å². The van der Waals surface area contributed by atoms with E-state index in [-0.39, 0.29) is 30.8 Å². The Bertz CT molecular complexity index is 1090. The third-order valence-electron chi connectivity index (χ3n) is 6.33. The Hall–Kier alpha value is -2.58. The molecule has 1 N–H and O–H groups in total. The van der Waals surface area contributed by atoms with Crippen molar-refractivity contribution in [3.8, 4) is 0 Å². The molecule has 0 heterocycles. The first kappa shape index (κ1) is 27.0. The van der Waals surface area contributed by atoms with Gasteiger partial charge in [-0.3, -0.25) is 13.9 Å². The summed E-state index contributed by atoms with van der Waals surface area (Å²) in [4.78, 5) is 27.9. The number of benzene rings is 2. The van der Waals surface area contributed by atoms with Crippen molar-refractivity contribution in [3.05, 3.63) is 65.2 Å². The molecule has 1 saturated carbocycles. The highest BCUT2D eigenvalue weighted by atomic mass is 35.5. The zero-order valence-electron chi connectivity index (χ0n) is 20.3. The van der Waals surface area contributed by atoms with Crippen LogP contribution in [0.5, 0.6) is 0 Å². The highest BCUT2D eigenvalue weighted by Gasteiger charge is 2.28. The smallest absolute Gasteiger partial charge is 0.242 e. The molecule has 7 nitrogen and oxygen atoms in total. The van der Waals surface area contributed by atoms with Crippen molar-refractivity contribution in [1.82, 2.24) is 10.2 Å². The Morgan fingerprint density at radius 1 is 1.06 bits per heavy atom. The minimum absolute atomic E-state index is 0.119. The van der Waals surface area contributed by atoms with Crippen molar-refractivity contribution in [1.29, 1.82) is 0 Å². The predicted molar refractivity (Wildman–Crippen MR) is 140 cm³/mol. The first-order chi connectivity index (χ1) is 16.6. The van der Waals surface area contributed by atoms with E-state index in [1.165, 1.54) is 4.31 Å². The average molecular weight is 520 g/mol. The Morgan fingerprint density at radius 2 is 1.69 bits per heavy atom. The van der Waals surface area contributed by atoms with E-state index in [9.17, 15) is 18.0 Å². The summed E-state index contributed by atoms with van der Waals surface area (Å²) in [5.41, 5.74) is 1.43. The molecule has 190 valence electrons. The Kier molecular flexibility index (Phi) is 9.57. The second kappa shape index (κ2) is 12.4. The Labute approximate surface area is 213 Å². The van der Waals surface area contributed by atoms with E-state index in [2.05, 4.69) is 5.32 Å². The van der Waals surface area contributed by atoms with Gasteiger partial charge in [0.25, 0.3) is 0 Å². The lowest BCUT2D eigenvalue weighted by Crippen LogP contribution is -2.49. The van der Waals surface area contributed by atoms with Gasteiger partial charge in [-0.05, 0) is 56.0 Å². The summed E-state index contributed by atoms with van der Waals surface area (Å²) in [5.74, 6) is -0.340. The lowest BCUT2D eigenvalue weighted by molar-refractivity contribution is -0.141. The van der Waals surface area contributed by atoms with Crippen LogP contribution in [-0.4, -0.2) is 50.0 Å². The molecule has 2 aromatic carbocycles. The topological polar surface area (TPSA) is 86.8 Å². The van der Waals surface area contributed by atoms with E-state index in [1.54, 1.807) is 36.1 Å². The van der Waals surface area contributed by atoms with Crippen molar-refractivity contribution in [3.63, 3.8) is 0 Å². The van der Waals surface area contributed by atoms with E-state index in [1.807, 2.05) is 30.3 Å². The average Bonchev–Trinajstić information content (AvgIpc) is 3.33. The quantitative estimate of drug-likeness (QED) is 0.478. The van der Waals surface area contributed by atoms with Crippen LogP contribution in [0.15, 0.2) is 54.6 Å². The number of hydrogen-bond donors (Lipinski definition) is 1. The van der Waals surface area contributed by atoms with Gasteiger partial charge in [-0.1, -0.05) is 54.8 Å². The van der Waals surface area contributed by atoms with E-state index < -0.39 is 16.1 Å². The fourth-order valence-electron chi connectivity index (χ4n) is 4.37. The van der Waals surface area contributed by atoms with Gasteiger partial charge in [-0.2, -0.15) is 0 Å². The van der Waals surface area contributed by atoms with Gasteiger partial charge in [-0.25, -0.2) is 8.42 Å². The van der Waals surface area contributed by atoms with Gasteiger partial charge in [0.15, 0.2) is 0 Å². The Balaban J connectivity index is 1.68. The lowest BCUT2D eigenvalue weighted by Gasteiger charge is -2.30. The highest BCUT2D eigenvalue weighted by Crippen LogP contribution is 2.22. The van der Waals surface area contributed by atoms with E-state index in [4.69, 9.17) is 11.6 Å². The maximum atomic E-state index is 13.3. The summed E-state index contributed by atoms with van der Waals surface area (Å²) in [6, 6.07) is 15.6. The molecule has 0 aromatic heterocycles. The van der Waals surface area contributed by atoms with Crippen LogP contribution >= 0.6 is 11.6 Å². The molecule has 0 saturated heterocycles.